The zero-order chi connectivity index (χ0) is 13.0. The summed E-state index contributed by atoms with van der Waals surface area (Å²) < 4.78 is 25.2. The molecule has 0 unspecified atom stereocenters. The first kappa shape index (κ1) is 12.2. The Hall–Kier alpha value is -0.830. The second-order valence-electron chi connectivity index (χ2n) is 6.20. The van der Waals surface area contributed by atoms with E-state index in [-0.39, 0.29) is 0 Å². The van der Waals surface area contributed by atoms with E-state index in [1.807, 2.05) is 26.0 Å². The standard InChI is InChI=1S/C15H20O2S/c1-11-3-5-14(6-4-11)18(16,17)15(2)8-7-12-9-13(15)10-12/h3-6,12-13H,7-10H2,1-2H3/t12?,13?,15-/m1/s1. The van der Waals surface area contributed by atoms with Gasteiger partial charge in [0.15, 0.2) is 9.84 Å². The fourth-order valence-electron chi connectivity index (χ4n) is 3.51. The highest BCUT2D eigenvalue weighted by Crippen LogP contribution is 2.55. The Balaban J connectivity index is 2.01. The van der Waals surface area contributed by atoms with Crippen LogP contribution in [0.3, 0.4) is 0 Å². The van der Waals surface area contributed by atoms with E-state index in [1.165, 1.54) is 0 Å². The molecule has 3 aliphatic rings. The van der Waals surface area contributed by atoms with Crippen LogP contribution in [0, 0.1) is 18.8 Å². The molecule has 3 fully saturated rings. The van der Waals surface area contributed by atoms with Gasteiger partial charge in [-0.2, -0.15) is 0 Å². The van der Waals surface area contributed by atoms with E-state index in [9.17, 15) is 8.42 Å². The molecule has 0 aliphatic heterocycles. The predicted octanol–water partition coefficient (Wildman–Crippen LogP) is 3.35. The summed E-state index contributed by atoms with van der Waals surface area (Å²) in [5.74, 6) is 1.18. The van der Waals surface area contributed by atoms with E-state index in [0.29, 0.717) is 10.8 Å². The maximum absolute atomic E-state index is 12.9. The van der Waals surface area contributed by atoms with Gasteiger partial charge in [-0.15, -0.1) is 0 Å². The molecule has 0 N–H and O–H groups in total. The highest BCUT2D eigenvalue weighted by molar-refractivity contribution is 7.92. The first-order chi connectivity index (χ1) is 8.43. The zero-order valence-corrected chi connectivity index (χ0v) is 11.8. The smallest absolute Gasteiger partial charge is 0.184 e. The first-order valence-corrected chi connectivity index (χ1v) is 8.23. The minimum atomic E-state index is -3.19. The molecule has 2 bridgehead atoms. The molecule has 18 heavy (non-hydrogen) atoms. The quantitative estimate of drug-likeness (QED) is 0.821. The van der Waals surface area contributed by atoms with Crippen LogP contribution < -0.4 is 0 Å². The number of rotatable bonds is 2. The van der Waals surface area contributed by atoms with Crippen molar-refractivity contribution in [2.45, 2.75) is 49.2 Å². The number of aryl methyl sites for hydroxylation is 1. The van der Waals surface area contributed by atoms with Gasteiger partial charge >= 0.3 is 0 Å². The summed E-state index contributed by atoms with van der Waals surface area (Å²) >= 11 is 0. The van der Waals surface area contributed by atoms with Crippen molar-refractivity contribution in [3.05, 3.63) is 29.8 Å². The Morgan fingerprint density at radius 1 is 1.17 bits per heavy atom. The van der Waals surface area contributed by atoms with Gasteiger partial charge in [-0.05, 0) is 63.5 Å². The molecule has 1 aromatic rings. The van der Waals surface area contributed by atoms with Crippen molar-refractivity contribution in [2.75, 3.05) is 0 Å². The highest BCUT2D eigenvalue weighted by Gasteiger charge is 2.55. The predicted molar refractivity (Wildman–Crippen MR) is 72.2 cm³/mol. The minimum absolute atomic E-state index is 0.377. The van der Waals surface area contributed by atoms with Crippen molar-refractivity contribution in [1.82, 2.24) is 0 Å². The lowest BCUT2D eigenvalue weighted by molar-refractivity contribution is 0.0752. The molecule has 0 radical (unpaired) electrons. The van der Waals surface area contributed by atoms with Crippen LogP contribution in [0.25, 0.3) is 0 Å². The van der Waals surface area contributed by atoms with Crippen molar-refractivity contribution in [2.24, 2.45) is 11.8 Å². The number of hydrogen-bond donors (Lipinski definition) is 0. The van der Waals surface area contributed by atoms with Crippen LogP contribution in [0.5, 0.6) is 0 Å². The van der Waals surface area contributed by atoms with Gasteiger partial charge < -0.3 is 0 Å². The lowest BCUT2D eigenvalue weighted by Crippen LogP contribution is -2.53. The normalized spacial score (nSPS) is 35.0. The van der Waals surface area contributed by atoms with Crippen LogP contribution in [0.4, 0.5) is 0 Å². The number of fused-ring (bicyclic) bond motifs is 2. The molecule has 0 spiro atoms. The van der Waals surface area contributed by atoms with Crippen LogP contribution in [0.15, 0.2) is 29.2 Å². The third-order valence-corrected chi connectivity index (χ3v) is 7.75. The SMILES string of the molecule is Cc1ccc(S(=O)(=O)[C@]2(C)CCC3CC2C3)cc1. The van der Waals surface area contributed by atoms with Gasteiger partial charge in [0.2, 0.25) is 0 Å². The molecule has 4 rings (SSSR count). The molecular formula is C15H20O2S. The molecule has 1 atom stereocenters. The average molecular weight is 264 g/mol. The summed E-state index contributed by atoms with van der Waals surface area (Å²) in [7, 11) is -3.19. The fraction of sp³-hybridized carbons (Fsp3) is 0.600. The van der Waals surface area contributed by atoms with Crippen LogP contribution in [0.2, 0.25) is 0 Å². The van der Waals surface area contributed by atoms with Gasteiger partial charge in [0.1, 0.15) is 0 Å². The fourth-order valence-corrected chi connectivity index (χ4v) is 5.56. The Labute approximate surface area is 109 Å². The monoisotopic (exact) mass is 264 g/mol. The molecule has 1 aromatic carbocycles. The van der Waals surface area contributed by atoms with Gasteiger partial charge in [0.25, 0.3) is 0 Å². The van der Waals surface area contributed by atoms with Crippen LogP contribution >= 0.6 is 0 Å². The second kappa shape index (κ2) is 3.83. The maximum Gasteiger partial charge on any atom is 0.184 e. The summed E-state index contributed by atoms with van der Waals surface area (Å²) in [4.78, 5) is 0.501. The summed E-state index contributed by atoms with van der Waals surface area (Å²) in [6, 6.07) is 7.31. The lowest BCUT2D eigenvalue weighted by Gasteiger charge is -2.52. The number of benzene rings is 1. The Bertz CT molecular complexity index is 550. The molecule has 3 heteroatoms. The van der Waals surface area contributed by atoms with Gasteiger partial charge in [0.05, 0.1) is 9.64 Å². The Morgan fingerprint density at radius 2 is 1.78 bits per heavy atom. The molecule has 0 amide bonds. The maximum atomic E-state index is 12.9. The lowest BCUT2D eigenvalue weighted by atomic mass is 9.60. The van der Waals surface area contributed by atoms with Crippen LogP contribution in [-0.2, 0) is 9.84 Å². The first-order valence-electron chi connectivity index (χ1n) is 6.75. The highest BCUT2D eigenvalue weighted by atomic mass is 32.2. The van der Waals surface area contributed by atoms with Gasteiger partial charge in [-0.1, -0.05) is 17.7 Å². The summed E-state index contributed by atoms with van der Waals surface area (Å²) in [6.45, 7) is 3.94. The van der Waals surface area contributed by atoms with Crippen molar-refractivity contribution < 1.29 is 8.42 Å². The molecule has 2 nitrogen and oxygen atoms in total. The van der Waals surface area contributed by atoms with E-state index in [2.05, 4.69) is 0 Å². The Kier molecular flexibility index (Phi) is 2.60. The van der Waals surface area contributed by atoms with Crippen molar-refractivity contribution in [3.63, 3.8) is 0 Å². The van der Waals surface area contributed by atoms with E-state index < -0.39 is 14.6 Å². The van der Waals surface area contributed by atoms with E-state index in [0.717, 1.165) is 37.2 Å². The number of sulfone groups is 1. The molecule has 3 aliphatic carbocycles. The Morgan fingerprint density at radius 3 is 2.28 bits per heavy atom. The molecular weight excluding hydrogens is 244 g/mol. The third-order valence-electron chi connectivity index (χ3n) is 5.09. The van der Waals surface area contributed by atoms with Gasteiger partial charge in [-0.3, -0.25) is 0 Å². The van der Waals surface area contributed by atoms with Gasteiger partial charge in [-0.25, -0.2) is 8.42 Å². The van der Waals surface area contributed by atoms with E-state index >= 15 is 0 Å². The topological polar surface area (TPSA) is 34.1 Å². The largest absolute Gasteiger partial charge is 0.223 e. The molecule has 0 heterocycles. The second-order valence-corrected chi connectivity index (χ2v) is 8.61. The van der Waals surface area contributed by atoms with Crippen LogP contribution in [0.1, 0.15) is 38.2 Å². The van der Waals surface area contributed by atoms with Crippen LogP contribution in [-0.4, -0.2) is 13.2 Å². The molecule has 0 aromatic heterocycles. The van der Waals surface area contributed by atoms with Crippen molar-refractivity contribution in [3.8, 4) is 0 Å². The average Bonchev–Trinajstić information content (AvgIpc) is 2.28. The van der Waals surface area contributed by atoms with Crippen molar-refractivity contribution >= 4 is 9.84 Å². The number of hydrogen-bond acceptors (Lipinski definition) is 2. The summed E-state index contributed by atoms with van der Waals surface area (Å²) in [6.07, 6.45) is 4.14. The van der Waals surface area contributed by atoms with E-state index in [4.69, 9.17) is 0 Å². The molecule has 0 saturated heterocycles. The van der Waals surface area contributed by atoms with Gasteiger partial charge in [0, 0.05) is 0 Å². The molecule has 98 valence electrons. The summed E-state index contributed by atoms with van der Waals surface area (Å²) in [5, 5.41) is 0. The third kappa shape index (κ3) is 1.56. The summed E-state index contributed by atoms with van der Waals surface area (Å²) in [5.41, 5.74) is 1.10. The zero-order valence-electron chi connectivity index (χ0n) is 11.0. The molecule has 3 saturated carbocycles. The van der Waals surface area contributed by atoms with Crippen molar-refractivity contribution in [1.29, 1.82) is 0 Å². The minimum Gasteiger partial charge on any atom is -0.223 e. The van der Waals surface area contributed by atoms with E-state index in [1.54, 1.807) is 12.1 Å².